The number of hydrogen-bond acceptors (Lipinski definition) is 3. The summed E-state index contributed by atoms with van der Waals surface area (Å²) in [6.07, 6.45) is 5.20. The molecule has 4 rings (SSSR count). The number of piperidine rings is 2. The van der Waals surface area contributed by atoms with E-state index in [1.165, 1.54) is 52.0 Å². The standard InChI is InChI=1S/C14H25N3/c1-15-8-14(9-15)4-3-5-17(10-14)13-12-6-11(12)7-16(13)2/h11-13H,3-10H2,1-2H3. The van der Waals surface area contributed by atoms with Crippen LogP contribution < -0.4 is 0 Å². The van der Waals surface area contributed by atoms with Crippen molar-refractivity contribution in [1.82, 2.24) is 14.7 Å². The second-order valence-electron chi connectivity index (χ2n) is 7.26. The Kier molecular flexibility index (Phi) is 2.19. The zero-order chi connectivity index (χ0) is 11.6. The molecule has 1 spiro atoms. The average Bonchev–Trinajstić information content (AvgIpc) is 2.89. The van der Waals surface area contributed by atoms with Crippen molar-refractivity contribution in [1.29, 1.82) is 0 Å². The predicted molar refractivity (Wildman–Crippen MR) is 68.8 cm³/mol. The van der Waals surface area contributed by atoms with Gasteiger partial charge >= 0.3 is 0 Å². The van der Waals surface area contributed by atoms with E-state index in [9.17, 15) is 0 Å². The first-order valence-corrected chi connectivity index (χ1v) is 7.30. The SMILES string of the molecule is CN1CC2(CCCN(C3C4CC4CN3C)C2)C1. The molecule has 0 amide bonds. The Morgan fingerprint density at radius 2 is 1.94 bits per heavy atom. The summed E-state index contributed by atoms with van der Waals surface area (Å²) in [4.78, 5) is 7.94. The lowest BCUT2D eigenvalue weighted by Gasteiger charge is -2.55. The molecular formula is C14H25N3. The van der Waals surface area contributed by atoms with Gasteiger partial charge in [-0.05, 0) is 51.7 Å². The van der Waals surface area contributed by atoms with Gasteiger partial charge in [-0.25, -0.2) is 0 Å². The normalized spacial score (nSPS) is 45.9. The molecule has 3 atom stereocenters. The summed E-state index contributed by atoms with van der Waals surface area (Å²) >= 11 is 0. The summed E-state index contributed by atoms with van der Waals surface area (Å²) in [5.74, 6) is 2.07. The Bertz CT molecular complexity index is 316. The summed E-state index contributed by atoms with van der Waals surface area (Å²) in [6, 6.07) is 0. The van der Waals surface area contributed by atoms with Crippen molar-refractivity contribution < 1.29 is 0 Å². The van der Waals surface area contributed by atoms with Crippen molar-refractivity contribution in [3.63, 3.8) is 0 Å². The van der Waals surface area contributed by atoms with E-state index in [-0.39, 0.29) is 0 Å². The van der Waals surface area contributed by atoms with Crippen LogP contribution in [0.5, 0.6) is 0 Å². The van der Waals surface area contributed by atoms with Crippen LogP contribution >= 0.6 is 0 Å². The van der Waals surface area contributed by atoms with Gasteiger partial charge < -0.3 is 4.90 Å². The molecule has 17 heavy (non-hydrogen) atoms. The lowest BCUT2D eigenvalue weighted by atomic mass is 9.73. The second kappa shape index (κ2) is 3.46. The van der Waals surface area contributed by atoms with E-state index < -0.39 is 0 Å². The Hall–Kier alpha value is -0.120. The monoisotopic (exact) mass is 235 g/mol. The first kappa shape index (κ1) is 10.8. The molecule has 3 unspecified atom stereocenters. The number of nitrogens with zero attached hydrogens (tertiary/aromatic N) is 3. The third-order valence-corrected chi connectivity index (χ3v) is 5.61. The van der Waals surface area contributed by atoms with Crippen molar-refractivity contribution in [3.8, 4) is 0 Å². The highest BCUT2D eigenvalue weighted by molar-refractivity contribution is 5.06. The Balaban J connectivity index is 1.47. The van der Waals surface area contributed by atoms with Crippen LogP contribution in [0.4, 0.5) is 0 Å². The minimum Gasteiger partial charge on any atom is -0.305 e. The van der Waals surface area contributed by atoms with Crippen LogP contribution in [0.3, 0.4) is 0 Å². The summed E-state index contributed by atoms with van der Waals surface area (Å²) in [6.45, 7) is 6.76. The van der Waals surface area contributed by atoms with Crippen molar-refractivity contribution in [2.45, 2.75) is 25.4 Å². The van der Waals surface area contributed by atoms with Crippen molar-refractivity contribution in [2.75, 3.05) is 46.8 Å². The highest BCUT2D eigenvalue weighted by atomic mass is 15.4. The molecule has 96 valence electrons. The van der Waals surface area contributed by atoms with E-state index in [0.29, 0.717) is 5.41 Å². The van der Waals surface area contributed by atoms with Crippen LogP contribution in [-0.4, -0.2) is 67.7 Å². The number of rotatable bonds is 1. The van der Waals surface area contributed by atoms with Crippen LogP contribution in [0.1, 0.15) is 19.3 Å². The molecule has 4 aliphatic rings. The van der Waals surface area contributed by atoms with E-state index >= 15 is 0 Å². The average molecular weight is 235 g/mol. The summed E-state index contributed by atoms with van der Waals surface area (Å²) in [7, 11) is 4.60. The lowest BCUT2D eigenvalue weighted by molar-refractivity contribution is -0.0727. The molecular weight excluding hydrogens is 210 g/mol. The Morgan fingerprint density at radius 1 is 1.12 bits per heavy atom. The van der Waals surface area contributed by atoms with Gasteiger partial charge in [-0.2, -0.15) is 0 Å². The molecule has 3 saturated heterocycles. The van der Waals surface area contributed by atoms with E-state index in [0.717, 1.165) is 18.0 Å². The fourth-order valence-corrected chi connectivity index (χ4v) is 5.03. The van der Waals surface area contributed by atoms with Crippen LogP contribution in [0.2, 0.25) is 0 Å². The van der Waals surface area contributed by atoms with E-state index in [2.05, 4.69) is 28.8 Å². The maximum absolute atomic E-state index is 2.83. The fourth-order valence-electron chi connectivity index (χ4n) is 5.03. The molecule has 1 aliphatic carbocycles. The zero-order valence-electron chi connectivity index (χ0n) is 11.2. The predicted octanol–water partition coefficient (Wildman–Crippen LogP) is 0.922. The summed E-state index contributed by atoms with van der Waals surface area (Å²) in [5.41, 5.74) is 0.667. The smallest absolute Gasteiger partial charge is 0.0652 e. The molecule has 0 aromatic rings. The first-order chi connectivity index (χ1) is 8.17. The minimum atomic E-state index is 0.667. The molecule has 0 N–H and O–H groups in total. The highest BCUT2D eigenvalue weighted by Gasteiger charge is 2.55. The van der Waals surface area contributed by atoms with Gasteiger partial charge in [0.05, 0.1) is 6.17 Å². The van der Waals surface area contributed by atoms with E-state index in [1.54, 1.807) is 0 Å². The molecule has 0 bridgehead atoms. The molecule has 4 fully saturated rings. The molecule has 3 heteroatoms. The quantitative estimate of drug-likeness (QED) is 0.669. The molecule has 3 aliphatic heterocycles. The number of fused-ring (bicyclic) bond motifs is 1. The molecule has 0 aromatic carbocycles. The van der Waals surface area contributed by atoms with Gasteiger partial charge in [0.1, 0.15) is 0 Å². The van der Waals surface area contributed by atoms with Gasteiger partial charge in [-0.1, -0.05) is 0 Å². The molecule has 3 nitrogen and oxygen atoms in total. The molecule has 0 aromatic heterocycles. The van der Waals surface area contributed by atoms with Crippen LogP contribution in [-0.2, 0) is 0 Å². The van der Waals surface area contributed by atoms with Gasteiger partial charge in [-0.3, -0.25) is 9.80 Å². The lowest BCUT2D eigenvalue weighted by Crippen LogP contribution is -2.64. The first-order valence-electron chi connectivity index (χ1n) is 7.30. The second-order valence-corrected chi connectivity index (χ2v) is 7.26. The Labute approximate surface area is 105 Å². The maximum Gasteiger partial charge on any atom is 0.0652 e. The maximum atomic E-state index is 2.83. The van der Waals surface area contributed by atoms with Gasteiger partial charge in [0, 0.05) is 31.6 Å². The van der Waals surface area contributed by atoms with Gasteiger partial charge in [-0.15, -0.1) is 0 Å². The van der Waals surface area contributed by atoms with Gasteiger partial charge in [0.15, 0.2) is 0 Å². The van der Waals surface area contributed by atoms with Gasteiger partial charge in [0.25, 0.3) is 0 Å². The molecule has 3 heterocycles. The van der Waals surface area contributed by atoms with E-state index in [4.69, 9.17) is 0 Å². The third-order valence-electron chi connectivity index (χ3n) is 5.61. The minimum absolute atomic E-state index is 0.667. The summed E-state index contributed by atoms with van der Waals surface area (Å²) < 4.78 is 0. The van der Waals surface area contributed by atoms with Crippen LogP contribution in [0, 0.1) is 17.3 Å². The van der Waals surface area contributed by atoms with Crippen molar-refractivity contribution in [3.05, 3.63) is 0 Å². The highest BCUT2D eigenvalue weighted by Crippen LogP contribution is 2.51. The molecule has 0 radical (unpaired) electrons. The van der Waals surface area contributed by atoms with Crippen LogP contribution in [0.25, 0.3) is 0 Å². The van der Waals surface area contributed by atoms with Crippen LogP contribution in [0.15, 0.2) is 0 Å². The largest absolute Gasteiger partial charge is 0.305 e. The Morgan fingerprint density at radius 3 is 2.59 bits per heavy atom. The van der Waals surface area contributed by atoms with Crippen molar-refractivity contribution >= 4 is 0 Å². The number of hydrogen-bond donors (Lipinski definition) is 0. The fraction of sp³-hybridized carbons (Fsp3) is 1.00. The topological polar surface area (TPSA) is 9.72 Å². The molecule has 1 saturated carbocycles. The van der Waals surface area contributed by atoms with E-state index in [1.807, 2.05) is 0 Å². The number of likely N-dealkylation sites (tertiary alicyclic amines) is 3. The zero-order valence-corrected chi connectivity index (χ0v) is 11.2. The van der Waals surface area contributed by atoms with Crippen molar-refractivity contribution in [2.24, 2.45) is 17.3 Å². The van der Waals surface area contributed by atoms with Gasteiger partial charge in [0.2, 0.25) is 0 Å². The summed E-state index contributed by atoms with van der Waals surface area (Å²) in [5, 5.41) is 0. The third kappa shape index (κ3) is 1.59.